The Morgan fingerprint density at radius 2 is 2.26 bits per heavy atom. The third-order valence-corrected chi connectivity index (χ3v) is 3.85. The summed E-state index contributed by atoms with van der Waals surface area (Å²) >= 11 is 1.68. The third-order valence-electron chi connectivity index (χ3n) is 3.20. The number of hydrogen-bond acceptors (Lipinski definition) is 5. The molecule has 1 rings (SSSR count). The van der Waals surface area contributed by atoms with Gasteiger partial charge in [-0.3, -0.25) is 9.59 Å². The predicted molar refractivity (Wildman–Crippen MR) is 79.5 cm³/mol. The van der Waals surface area contributed by atoms with Gasteiger partial charge in [-0.05, 0) is 38.2 Å². The standard InChI is InChI=1S/C12H23BN2O3S/c1-8(16)7-9-3-4-11(13-18-9)15-12(17)10(14)5-6-19-2/h9-11,13H,3-7,14H2,1-2H3,(H,15,17). The van der Waals surface area contributed by atoms with E-state index in [2.05, 4.69) is 5.32 Å². The minimum atomic E-state index is -0.442. The monoisotopic (exact) mass is 286 g/mol. The molecular formula is C12H23BN2O3S. The molecule has 0 aromatic rings. The zero-order chi connectivity index (χ0) is 14.3. The molecule has 5 nitrogen and oxygen atoms in total. The van der Waals surface area contributed by atoms with Crippen molar-refractivity contribution < 1.29 is 14.2 Å². The molecule has 7 heteroatoms. The Hall–Kier alpha value is -0.525. The highest BCUT2D eigenvalue weighted by molar-refractivity contribution is 7.98. The van der Waals surface area contributed by atoms with Crippen LogP contribution in [0.2, 0.25) is 0 Å². The van der Waals surface area contributed by atoms with E-state index in [0.29, 0.717) is 20.3 Å². The van der Waals surface area contributed by atoms with Gasteiger partial charge in [0.25, 0.3) is 7.48 Å². The first-order chi connectivity index (χ1) is 9.02. The summed E-state index contributed by atoms with van der Waals surface area (Å²) in [5, 5.41) is 2.92. The lowest BCUT2D eigenvalue weighted by molar-refractivity contribution is -0.123. The molecule has 0 radical (unpaired) electrons. The highest BCUT2D eigenvalue weighted by Crippen LogP contribution is 2.15. The molecule has 0 bridgehead atoms. The maximum atomic E-state index is 11.8. The van der Waals surface area contributed by atoms with Crippen LogP contribution in [0.4, 0.5) is 0 Å². The molecule has 1 fully saturated rings. The zero-order valence-electron chi connectivity index (χ0n) is 11.7. The van der Waals surface area contributed by atoms with Crippen LogP contribution >= 0.6 is 11.8 Å². The second-order valence-corrected chi connectivity index (χ2v) is 6.02. The molecule has 0 spiro atoms. The summed E-state index contributed by atoms with van der Waals surface area (Å²) in [6, 6.07) is -0.442. The SMILES string of the molecule is CSCCC(N)C(=O)NC1BOC(CC(C)=O)CC1. The van der Waals surface area contributed by atoms with E-state index in [1.165, 1.54) is 0 Å². The van der Waals surface area contributed by atoms with Gasteiger partial charge in [0, 0.05) is 18.5 Å². The Balaban J connectivity index is 2.24. The number of nitrogens with two attached hydrogens (primary N) is 1. The molecule has 0 aromatic carbocycles. The highest BCUT2D eigenvalue weighted by atomic mass is 32.2. The highest BCUT2D eigenvalue weighted by Gasteiger charge is 2.26. The summed E-state index contributed by atoms with van der Waals surface area (Å²) in [6.45, 7) is 1.57. The van der Waals surface area contributed by atoms with Crippen LogP contribution in [0.1, 0.15) is 32.6 Å². The van der Waals surface area contributed by atoms with E-state index in [0.717, 1.165) is 18.6 Å². The number of Topliss-reactive ketones (excluding diaryl/α,β-unsaturated/α-hetero) is 1. The third kappa shape index (κ3) is 6.45. The molecule has 0 aliphatic carbocycles. The van der Waals surface area contributed by atoms with Crippen LogP contribution in [0.15, 0.2) is 0 Å². The van der Waals surface area contributed by atoms with Gasteiger partial charge in [-0.2, -0.15) is 11.8 Å². The largest absolute Gasteiger partial charge is 0.434 e. The topological polar surface area (TPSA) is 81.4 Å². The van der Waals surface area contributed by atoms with E-state index >= 15 is 0 Å². The first kappa shape index (κ1) is 16.5. The normalized spacial score (nSPS) is 24.4. The van der Waals surface area contributed by atoms with Gasteiger partial charge in [-0.25, -0.2) is 0 Å². The predicted octanol–water partition coefficient (Wildman–Crippen LogP) is 0.0187. The molecule has 3 unspecified atom stereocenters. The number of ketones is 1. The first-order valence-electron chi connectivity index (χ1n) is 6.69. The lowest BCUT2D eigenvalue weighted by atomic mass is 9.79. The van der Waals surface area contributed by atoms with Gasteiger partial charge in [-0.15, -0.1) is 0 Å². The van der Waals surface area contributed by atoms with Crippen LogP contribution < -0.4 is 11.1 Å². The summed E-state index contributed by atoms with van der Waals surface area (Å²) in [5.74, 6) is 0.950. The van der Waals surface area contributed by atoms with E-state index in [1.807, 2.05) is 6.26 Å². The van der Waals surface area contributed by atoms with Crippen LogP contribution in [0.25, 0.3) is 0 Å². The van der Waals surface area contributed by atoms with Gasteiger partial charge in [0.05, 0.1) is 6.04 Å². The van der Waals surface area contributed by atoms with Crippen LogP contribution in [-0.2, 0) is 14.2 Å². The number of thioether (sulfide) groups is 1. The summed E-state index contributed by atoms with van der Waals surface area (Å²) in [4.78, 5) is 22.8. The van der Waals surface area contributed by atoms with E-state index in [-0.39, 0.29) is 23.7 Å². The molecule has 3 N–H and O–H groups in total. The summed E-state index contributed by atoms with van der Waals surface area (Å²) in [7, 11) is 0.471. The number of hydrogen-bond donors (Lipinski definition) is 2. The minimum absolute atomic E-state index is 0.0100. The van der Waals surface area contributed by atoms with Crippen molar-refractivity contribution >= 4 is 30.9 Å². The fourth-order valence-corrected chi connectivity index (χ4v) is 2.58. The van der Waals surface area contributed by atoms with Gasteiger partial charge in [0.15, 0.2) is 0 Å². The number of rotatable bonds is 7. The Morgan fingerprint density at radius 3 is 2.79 bits per heavy atom. The summed E-state index contributed by atoms with van der Waals surface area (Å²) in [6.07, 6.45) is 4.82. The summed E-state index contributed by atoms with van der Waals surface area (Å²) in [5.41, 5.74) is 5.80. The van der Waals surface area contributed by atoms with E-state index in [9.17, 15) is 9.59 Å². The van der Waals surface area contributed by atoms with Crippen molar-refractivity contribution in [1.82, 2.24) is 5.32 Å². The fraction of sp³-hybridized carbons (Fsp3) is 0.833. The van der Waals surface area contributed by atoms with Crippen molar-refractivity contribution in [3.63, 3.8) is 0 Å². The number of amides is 1. The molecule has 1 heterocycles. The average molecular weight is 286 g/mol. The molecule has 1 aliphatic rings. The van der Waals surface area contributed by atoms with E-state index < -0.39 is 6.04 Å². The van der Waals surface area contributed by atoms with E-state index in [4.69, 9.17) is 10.4 Å². The van der Waals surface area contributed by atoms with Gasteiger partial charge in [-0.1, -0.05) is 0 Å². The quantitative estimate of drug-likeness (QED) is 0.645. The lowest BCUT2D eigenvalue weighted by Crippen LogP contribution is -2.50. The lowest BCUT2D eigenvalue weighted by Gasteiger charge is -2.29. The van der Waals surface area contributed by atoms with Gasteiger partial charge in [0.1, 0.15) is 5.78 Å². The number of nitrogens with one attached hydrogen (secondary N) is 1. The fourth-order valence-electron chi connectivity index (χ4n) is 2.09. The summed E-state index contributed by atoms with van der Waals surface area (Å²) < 4.78 is 5.58. The van der Waals surface area contributed by atoms with Crippen molar-refractivity contribution in [2.45, 2.75) is 50.7 Å². The van der Waals surface area contributed by atoms with Gasteiger partial charge >= 0.3 is 0 Å². The average Bonchev–Trinajstić information content (AvgIpc) is 2.37. The van der Waals surface area contributed by atoms with Crippen molar-refractivity contribution in [3.8, 4) is 0 Å². The molecule has 0 aromatic heterocycles. The molecule has 1 amide bonds. The van der Waals surface area contributed by atoms with Gasteiger partial charge in [0.2, 0.25) is 5.91 Å². The molecule has 108 valence electrons. The van der Waals surface area contributed by atoms with Crippen LogP contribution in [-0.4, -0.2) is 49.3 Å². The van der Waals surface area contributed by atoms with E-state index in [1.54, 1.807) is 18.7 Å². The Bertz CT molecular complexity index is 309. The number of carbonyl (C=O) groups is 2. The van der Waals surface area contributed by atoms with Crippen molar-refractivity contribution in [1.29, 1.82) is 0 Å². The van der Waals surface area contributed by atoms with Crippen LogP contribution in [0.5, 0.6) is 0 Å². The molecule has 3 atom stereocenters. The maximum Gasteiger partial charge on any atom is 0.297 e. The van der Waals surface area contributed by atoms with Crippen LogP contribution in [0.3, 0.4) is 0 Å². The molecule has 1 saturated heterocycles. The molecule has 19 heavy (non-hydrogen) atoms. The van der Waals surface area contributed by atoms with Crippen molar-refractivity contribution in [2.24, 2.45) is 5.73 Å². The first-order valence-corrected chi connectivity index (χ1v) is 8.08. The molecule has 1 aliphatic heterocycles. The number of carbonyl (C=O) groups excluding carboxylic acids is 2. The van der Waals surface area contributed by atoms with Crippen molar-refractivity contribution in [2.75, 3.05) is 12.0 Å². The Morgan fingerprint density at radius 1 is 1.53 bits per heavy atom. The second-order valence-electron chi connectivity index (χ2n) is 5.03. The second kappa shape index (κ2) is 8.61. The Kier molecular flexibility index (Phi) is 7.49. The van der Waals surface area contributed by atoms with Crippen LogP contribution in [0, 0.1) is 0 Å². The minimum Gasteiger partial charge on any atom is -0.434 e. The molecular weight excluding hydrogens is 263 g/mol. The maximum absolute atomic E-state index is 11.8. The molecule has 0 saturated carbocycles. The Labute approximate surface area is 119 Å². The zero-order valence-corrected chi connectivity index (χ0v) is 12.5. The van der Waals surface area contributed by atoms with Crippen molar-refractivity contribution in [3.05, 3.63) is 0 Å². The van der Waals surface area contributed by atoms with Gasteiger partial charge < -0.3 is 15.7 Å². The smallest absolute Gasteiger partial charge is 0.297 e.